The van der Waals surface area contributed by atoms with E-state index in [0.29, 0.717) is 6.54 Å². The number of fused-ring (bicyclic) bond motifs is 1. The predicted molar refractivity (Wildman–Crippen MR) is 94.0 cm³/mol. The van der Waals surface area contributed by atoms with Gasteiger partial charge in [0.15, 0.2) is 4.75 Å². The van der Waals surface area contributed by atoms with Crippen LogP contribution in [0.3, 0.4) is 0 Å². The Labute approximate surface area is 145 Å². The zero-order valence-electron chi connectivity index (χ0n) is 13.7. The topological polar surface area (TPSA) is 67.2 Å². The number of hydrogen-bond donors (Lipinski definition) is 1. The largest absolute Gasteiger partial charge is 0.354 e. The van der Waals surface area contributed by atoms with Gasteiger partial charge in [0, 0.05) is 37.4 Å². The Balaban J connectivity index is 1.64. The Morgan fingerprint density at radius 1 is 1.38 bits per heavy atom. The molecule has 2 aromatic rings. The molecule has 1 aromatic heterocycles. The van der Waals surface area contributed by atoms with Crippen LogP contribution < -0.4 is 10.2 Å². The number of rotatable bonds is 5. The van der Waals surface area contributed by atoms with Gasteiger partial charge < -0.3 is 14.8 Å². The van der Waals surface area contributed by atoms with Crippen LogP contribution in [0.2, 0.25) is 0 Å². The molecule has 0 saturated heterocycles. The van der Waals surface area contributed by atoms with Crippen molar-refractivity contribution in [1.29, 1.82) is 0 Å². The second kappa shape index (κ2) is 6.68. The van der Waals surface area contributed by atoms with Crippen LogP contribution in [0.15, 0.2) is 47.9 Å². The summed E-state index contributed by atoms with van der Waals surface area (Å²) in [5.74, 6) is -0.442. The van der Waals surface area contributed by atoms with Crippen molar-refractivity contribution >= 4 is 29.3 Å². The molecule has 6 nitrogen and oxygen atoms in total. The maximum atomic E-state index is 12.7. The summed E-state index contributed by atoms with van der Waals surface area (Å²) in [5.41, 5.74) is 0.845. The normalized spacial score (nSPS) is 19.9. The molecule has 0 fully saturated rings. The maximum absolute atomic E-state index is 12.7. The van der Waals surface area contributed by atoms with E-state index in [9.17, 15) is 9.59 Å². The summed E-state index contributed by atoms with van der Waals surface area (Å²) < 4.78 is 0.816. The SMILES string of the molecule is CN1C(=O)C(C)(C(=O)NCCCn2ccnc2)Sc2ccccc21. The molecule has 1 N–H and O–H groups in total. The number of aromatic nitrogens is 2. The zero-order valence-corrected chi connectivity index (χ0v) is 14.5. The standard InChI is InChI=1S/C17H20N4O2S/c1-17(15(22)19-8-5-10-21-11-9-18-12-21)16(23)20(2)13-6-3-4-7-14(13)24-17/h3-4,6-7,9,11-12H,5,8,10H2,1-2H3,(H,19,22). The molecule has 1 aliphatic rings. The number of carbonyl (C=O) groups excluding carboxylic acids is 2. The highest BCUT2D eigenvalue weighted by molar-refractivity contribution is 8.02. The van der Waals surface area contributed by atoms with Gasteiger partial charge in [-0.2, -0.15) is 0 Å². The molecule has 2 amide bonds. The van der Waals surface area contributed by atoms with Crippen LogP contribution in [-0.4, -0.2) is 39.7 Å². The van der Waals surface area contributed by atoms with Crippen molar-refractivity contribution in [2.75, 3.05) is 18.5 Å². The third kappa shape index (κ3) is 3.03. The number of amides is 2. The molecule has 126 valence electrons. The van der Waals surface area contributed by atoms with Crippen LogP contribution in [0.25, 0.3) is 0 Å². The summed E-state index contributed by atoms with van der Waals surface area (Å²) in [6.07, 6.45) is 6.14. The van der Waals surface area contributed by atoms with Crippen LogP contribution >= 0.6 is 11.8 Å². The number of benzene rings is 1. The smallest absolute Gasteiger partial charge is 0.252 e. The number of anilines is 1. The van der Waals surface area contributed by atoms with Crippen molar-refractivity contribution < 1.29 is 9.59 Å². The van der Waals surface area contributed by atoms with Gasteiger partial charge in [-0.1, -0.05) is 23.9 Å². The van der Waals surface area contributed by atoms with Crippen LogP contribution in [-0.2, 0) is 16.1 Å². The number of nitrogens with zero attached hydrogens (tertiary/aromatic N) is 3. The van der Waals surface area contributed by atoms with E-state index in [1.807, 2.05) is 35.0 Å². The van der Waals surface area contributed by atoms with Crippen molar-refractivity contribution in [3.05, 3.63) is 43.0 Å². The van der Waals surface area contributed by atoms with Gasteiger partial charge in [0.05, 0.1) is 12.0 Å². The monoisotopic (exact) mass is 344 g/mol. The minimum atomic E-state index is -1.14. The Morgan fingerprint density at radius 3 is 2.92 bits per heavy atom. The Morgan fingerprint density at radius 2 is 2.17 bits per heavy atom. The van der Waals surface area contributed by atoms with E-state index in [4.69, 9.17) is 0 Å². The van der Waals surface area contributed by atoms with E-state index in [-0.39, 0.29) is 11.8 Å². The molecular weight excluding hydrogens is 324 g/mol. The highest BCUT2D eigenvalue weighted by Gasteiger charge is 2.47. The van der Waals surface area contributed by atoms with Gasteiger partial charge in [0.25, 0.3) is 5.91 Å². The van der Waals surface area contributed by atoms with Crippen molar-refractivity contribution in [3.63, 3.8) is 0 Å². The first kappa shape index (κ1) is 16.6. The number of imidazole rings is 1. The average molecular weight is 344 g/mol. The van der Waals surface area contributed by atoms with Crippen LogP contribution in [0.4, 0.5) is 5.69 Å². The van der Waals surface area contributed by atoms with Crippen molar-refractivity contribution in [3.8, 4) is 0 Å². The van der Waals surface area contributed by atoms with E-state index in [2.05, 4.69) is 10.3 Å². The van der Waals surface area contributed by atoms with E-state index < -0.39 is 4.75 Å². The third-order valence-corrected chi connectivity index (χ3v) is 5.46. The molecule has 0 radical (unpaired) electrons. The minimum absolute atomic E-state index is 0.196. The molecule has 24 heavy (non-hydrogen) atoms. The third-order valence-electron chi connectivity index (χ3n) is 4.12. The van der Waals surface area contributed by atoms with Crippen LogP contribution in [0.1, 0.15) is 13.3 Å². The van der Waals surface area contributed by atoms with Gasteiger partial charge >= 0.3 is 0 Å². The molecule has 0 aliphatic carbocycles. The van der Waals surface area contributed by atoms with Gasteiger partial charge in [-0.15, -0.1) is 0 Å². The molecular formula is C17H20N4O2S. The molecule has 1 aromatic carbocycles. The second-order valence-electron chi connectivity index (χ2n) is 5.88. The highest BCUT2D eigenvalue weighted by atomic mass is 32.2. The average Bonchev–Trinajstić information content (AvgIpc) is 3.10. The van der Waals surface area contributed by atoms with Gasteiger partial charge in [0.2, 0.25) is 5.91 Å². The molecule has 0 bridgehead atoms. The number of thioether (sulfide) groups is 1. The number of carbonyl (C=O) groups is 2. The lowest BCUT2D eigenvalue weighted by Crippen LogP contribution is -2.55. The predicted octanol–water partition coefficient (Wildman–Crippen LogP) is 1.92. The lowest BCUT2D eigenvalue weighted by atomic mass is 10.1. The highest BCUT2D eigenvalue weighted by Crippen LogP contribution is 2.44. The van der Waals surface area contributed by atoms with Gasteiger partial charge in [0.1, 0.15) is 0 Å². The van der Waals surface area contributed by atoms with Crippen molar-refractivity contribution in [2.45, 2.75) is 29.5 Å². The summed E-state index contributed by atoms with van der Waals surface area (Å²) in [4.78, 5) is 31.8. The first-order chi connectivity index (χ1) is 11.5. The number of hydrogen-bond acceptors (Lipinski definition) is 4. The fraction of sp³-hybridized carbons (Fsp3) is 0.353. The molecule has 0 saturated carbocycles. The van der Waals surface area contributed by atoms with E-state index >= 15 is 0 Å². The first-order valence-electron chi connectivity index (χ1n) is 7.82. The van der Waals surface area contributed by atoms with Crippen molar-refractivity contribution in [1.82, 2.24) is 14.9 Å². The van der Waals surface area contributed by atoms with Gasteiger partial charge in [-0.05, 0) is 25.5 Å². The molecule has 0 spiro atoms. The van der Waals surface area contributed by atoms with Crippen LogP contribution in [0.5, 0.6) is 0 Å². The summed E-state index contributed by atoms with van der Waals surface area (Å²) in [6.45, 7) is 2.99. The lowest BCUT2D eigenvalue weighted by molar-refractivity contribution is -0.131. The Kier molecular flexibility index (Phi) is 4.62. The van der Waals surface area contributed by atoms with Crippen molar-refractivity contribution in [2.24, 2.45) is 0 Å². The summed E-state index contributed by atoms with van der Waals surface area (Å²) in [6, 6.07) is 7.64. The summed E-state index contributed by atoms with van der Waals surface area (Å²) >= 11 is 1.32. The second-order valence-corrected chi connectivity index (χ2v) is 7.34. The molecule has 1 atom stereocenters. The molecule has 1 aliphatic heterocycles. The Bertz CT molecular complexity index is 747. The Hall–Kier alpha value is -2.28. The van der Waals surface area contributed by atoms with E-state index in [1.165, 1.54) is 11.8 Å². The fourth-order valence-electron chi connectivity index (χ4n) is 2.71. The molecule has 3 rings (SSSR count). The first-order valence-corrected chi connectivity index (χ1v) is 8.64. The van der Waals surface area contributed by atoms with E-state index in [1.54, 1.807) is 31.4 Å². The maximum Gasteiger partial charge on any atom is 0.252 e. The fourth-order valence-corrected chi connectivity index (χ4v) is 3.99. The summed E-state index contributed by atoms with van der Waals surface area (Å²) in [7, 11) is 1.71. The summed E-state index contributed by atoms with van der Waals surface area (Å²) in [5, 5.41) is 2.90. The number of nitrogens with one attached hydrogen (secondary N) is 1. The lowest BCUT2D eigenvalue weighted by Gasteiger charge is -2.36. The molecule has 7 heteroatoms. The van der Waals surface area contributed by atoms with Crippen LogP contribution in [0, 0.1) is 0 Å². The number of aryl methyl sites for hydroxylation is 1. The minimum Gasteiger partial charge on any atom is -0.354 e. The van der Waals surface area contributed by atoms with Gasteiger partial charge in [-0.3, -0.25) is 9.59 Å². The quantitative estimate of drug-likeness (QED) is 0.665. The number of para-hydroxylation sites is 1. The molecule has 1 unspecified atom stereocenters. The zero-order chi connectivity index (χ0) is 17.2. The van der Waals surface area contributed by atoms with E-state index in [0.717, 1.165) is 23.5 Å². The molecule has 2 heterocycles. The van der Waals surface area contributed by atoms with Gasteiger partial charge in [-0.25, -0.2) is 4.98 Å².